The maximum absolute atomic E-state index is 13.4. The lowest BCUT2D eigenvalue weighted by molar-refractivity contribution is -0.125. The summed E-state index contributed by atoms with van der Waals surface area (Å²) >= 11 is 0. The molecule has 1 saturated heterocycles. The van der Waals surface area contributed by atoms with Crippen LogP contribution in [0.1, 0.15) is 24.8 Å². The topological polar surface area (TPSA) is 70.2 Å². The Morgan fingerprint density at radius 2 is 2.04 bits per heavy atom. The van der Waals surface area contributed by atoms with Crippen LogP contribution >= 0.6 is 12.4 Å². The van der Waals surface area contributed by atoms with Crippen LogP contribution in [0.4, 0.5) is 8.78 Å². The zero-order chi connectivity index (χ0) is 16.1. The van der Waals surface area contributed by atoms with Gasteiger partial charge in [0.15, 0.2) is 11.6 Å². The molecular weight excluding hydrogens is 328 g/mol. The first kappa shape index (κ1) is 19.3. The first-order valence-corrected chi connectivity index (χ1v) is 7.17. The lowest BCUT2D eigenvalue weighted by atomic mass is 9.86. The van der Waals surface area contributed by atoms with Gasteiger partial charge >= 0.3 is 0 Å². The lowest BCUT2D eigenvalue weighted by Crippen LogP contribution is -2.52. The van der Waals surface area contributed by atoms with Gasteiger partial charge in [0.05, 0.1) is 6.54 Å². The Morgan fingerprint density at radius 1 is 1.30 bits per heavy atom. The third-order valence-electron chi connectivity index (χ3n) is 3.70. The number of carbonyl (C=O) groups is 2. The fraction of sp³-hybridized carbons (Fsp3) is 0.467. The second kappa shape index (κ2) is 8.79. The summed E-state index contributed by atoms with van der Waals surface area (Å²) in [7, 11) is 0. The fourth-order valence-electron chi connectivity index (χ4n) is 2.61. The van der Waals surface area contributed by atoms with Crippen LogP contribution in [0.2, 0.25) is 0 Å². The minimum absolute atomic E-state index is 0. The molecule has 1 fully saturated rings. The molecule has 3 N–H and O–H groups in total. The van der Waals surface area contributed by atoms with Crippen LogP contribution in [0.3, 0.4) is 0 Å². The number of halogens is 3. The fourth-order valence-corrected chi connectivity index (χ4v) is 2.61. The van der Waals surface area contributed by atoms with Crippen molar-refractivity contribution in [2.75, 3.05) is 19.6 Å². The first-order valence-electron chi connectivity index (χ1n) is 7.17. The molecule has 128 valence electrons. The van der Waals surface area contributed by atoms with Crippen LogP contribution in [-0.4, -0.2) is 37.5 Å². The van der Waals surface area contributed by atoms with E-state index in [4.69, 9.17) is 0 Å². The van der Waals surface area contributed by atoms with Crippen molar-refractivity contribution in [2.45, 2.75) is 25.3 Å². The van der Waals surface area contributed by atoms with E-state index in [9.17, 15) is 18.4 Å². The summed E-state index contributed by atoms with van der Waals surface area (Å²) in [5.41, 5.74) is 0.658. The molecule has 1 aromatic carbocycles. The Labute approximate surface area is 139 Å². The Hall–Kier alpha value is -1.73. The van der Waals surface area contributed by atoms with E-state index in [1.54, 1.807) is 6.07 Å². The van der Waals surface area contributed by atoms with E-state index in [1.807, 2.05) is 0 Å². The van der Waals surface area contributed by atoms with E-state index in [0.29, 0.717) is 18.5 Å². The quantitative estimate of drug-likeness (QED) is 0.763. The van der Waals surface area contributed by atoms with Gasteiger partial charge in [0.2, 0.25) is 11.8 Å². The third-order valence-corrected chi connectivity index (χ3v) is 3.70. The molecule has 0 radical (unpaired) electrons. The van der Waals surface area contributed by atoms with Crippen LogP contribution in [0.15, 0.2) is 18.2 Å². The molecular formula is C15H20ClF2N3O2. The number of carbonyl (C=O) groups excluding carboxylic acids is 2. The second-order valence-corrected chi connectivity index (χ2v) is 5.36. The first-order chi connectivity index (χ1) is 10.5. The molecule has 2 amide bonds. The Morgan fingerprint density at radius 3 is 2.70 bits per heavy atom. The third kappa shape index (κ3) is 5.44. The van der Waals surface area contributed by atoms with Crippen LogP contribution in [0.5, 0.6) is 0 Å². The van der Waals surface area contributed by atoms with Gasteiger partial charge in [0.1, 0.15) is 0 Å². The Kier molecular flexibility index (Phi) is 7.38. The SMILES string of the molecule is CC(=O)NCC(=O)NC1CNCCC1c1ccc(F)c(F)c1.Cl. The molecule has 2 atom stereocenters. The molecule has 1 aliphatic heterocycles. The molecule has 5 nitrogen and oxygen atoms in total. The van der Waals surface area contributed by atoms with Gasteiger partial charge in [-0.1, -0.05) is 6.07 Å². The minimum atomic E-state index is -0.889. The van der Waals surface area contributed by atoms with Gasteiger partial charge < -0.3 is 16.0 Å². The summed E-state index contributed by atoms with van der Waals surface area (Å²) in [6, 6.07) is 3.59. The van der Waals surface area contributed by atoms with E-state index in [-0.39, 0.29) is 42.7 Å². The predicted octanol–water partition coefficient (Wildman–Crippen LogP) is 1.08. The molecule has 0 aliphatic carbocycles. The molecule has 0 aromatic heterocycles. The van der Waals surface area contributed by atoms with Crippen molar-refractivity contribution in [3.8, 4) is 0 Å². The van der Waals surface area contributed by atoms with Gasteiger partial charge in [0.25, 0.3) is 0 Å². The number of benzene rings is 1. The van der Waals surface area contributed by atoms with Crippen LogP contribution in [-0.2, 0) is 9.59 Å². The summed E-state index contributed by atoms with van der Waals surface area (Å²) in [5, 5.41) is 8.41. The number of nitrogens with one attached hydrogen (secondary N) is 3. The molecule has 2 rings (SSSR count). The van der Waals surface area contributed by atoms with Crippen molar-refractivity contribution >= 4 is 24.2 Å². The van der Waals surface area contributed by atoms with E-state index in [0.717, 1.165) is 12.6 Å². The van der Waals surface area contributed by atoms with Crippen molar-refractivity contribution in [1.82, 2.24) is 16.0 Å². The molecule has 0 saturated carbocycles. The Balaban J connectivity index is 0.00000264. The van der Waals surface area contributed by atoms with Crippen LogP contribution < -0.4 is 16.0 Å². The zero-order valence-electron chi connectivity index (χ0n) is 12.7. The number of amides is 2. The highest BCUT2D eigenvalue weighted by Gasteiger charge is 2.28. The summed E-state index contributed by atoms with van der Waals surface area (Å²) in [6.45, 7) is 2.51. The smallest absolute Gasteiger partial charge is 0.239 e. The van der Waals surface area contributed by atoms with E-state index in [2.05, 4.69) is 16.0 Å². The van der Waals surface area contributed by atoms with Gasteiger partial charge in [-0.25, -0.2) is 8.78 Å². The van der Waals surface area contributed by atoms with Crippen molar-refractivity contribution in [1.29, 1.82) is 0 Å². The highest BCUT2D eigenvalue weighted by molar-refractivity contribution is 5.85. The van der Waals surface area contributed by atoms with Crippen LogP contribution in [0, 0.1) is 11.6 Å². The molecule has 1 aliphatic rings. The molecule has 1 aromatic rings. The second-order valence-electron chi connectivity index (χ2n) is 5.36. The zero-order valence-corrected chi connectivity index (χ0v) is 13.5. The monoisotopic (exact) mass is 347 g/mol. The molecule has 8 heteroatoms. The van der Waals surface area contributed by atoms with Gasteiger partial charge in [0, 0.05) is 25.4 Å². The summed E-state index contributed by atoms with van der Waals surface area (Å²) in [6.07, 6.45) is 0.705. The van der Waals surface area contributed by atoms with Gasteiger partial charge in [-0.05, 0) is 30.7 Å². The maximum Gasteiger partial charge on any atom is 0.239 e. The number of hydrogen-bond acceptors (Lipinski definition) is 3. The summed E-state index contributed by atoms with van der Waals surface area (Å²) in [4.78, 5) is 22.6. The van der Waals surface area contributed by atoms with Crippen molar-refractivity contribution < 1.29 is 18.4 Å². The number of piperidine rings is 1. The number of hydrogen-bond donors (Lipinski definition) is 3. The van der Waals surface area contributed by atoms with E-state index in [1.165, 1.54) is 13.0 Å². The van der Waals surface area contributed by atoms with E-state index < -0.39 is 11.6 Å². The van der Waals surface area contributed by atoms with Crippen molar-refractivity contribution in [2.24, 2.45) is 0 Å². The van der Waals surface area contributed by atoms with Gasteiger partial charge in [-0.3, -0.25) is 9.59 Å². The normalized spacial score (nSPS) is 20.3. The molecule has 0 spiro atoms. The van der Waals surface area contributed by atoms with Gasteiger partial charge in [-0.2, -0.15) is 0 Å². The van der Waals surface area contributed by atoms with Crippen LogP contribution in [0.25, 0.3) is 0 Å². The highest BCUT2D eigenvalue weighted by Crippen LogP contribution is 2.26. The largest absolute Gasteiger partial charge is 0.350 e. The minimum Gasteiger partial charge on any atom is -0.350 e. The average Bonchev–Trinajstić information content (AvgIpc) is 2.49. The standard InChI is InChI=1S/C15H19F2N3O2.ClH/c1-9(21)19-8-15(22)20-14-7-18-5-4-11(14)10-2-3-12(16)13(17)6-10;/h2-3,6,11,14,18H,4-5,7-8H2,1H3,(H,19,21)(H,20,22);1H. The average molecular weight is 348 g/mol. The highest BCUT2D eigenvalue weighted by atomic mass is 35.5. The van der Waals surface area contributed by atoms with E-state index >= 15 is 0 Å². The summed E-state index contributed by atoms with van der Waals surface area (Å²) < 4.78 is 26.5. The summed E-state index contributed by atoms with van der Waals surface area (Å²) in [5.74, 6) is -2.47. The lowest BCUT2D eigenvalue weighted by Gasteiger charge is -2.33. The maximum atomic E-state index is 13.4. The molecule has 23 heavy (non-hydrogen) atoms. The Bertz CT molecular complexity index is 572. The number of rotatable bonds is 4. The molecule has 2 unspecified atom stereocenters. The van der Waals surface area contributed by atoms with Gasteiger partial charge in [-0.15, -0.1) is 12.4 Å². The van der Waals surface area contributed by atoms with Crippen molar-refractivity contribution in [3.05, 3.63) is 35.4 Å². The molecule has 0 bridgehead atoms. The molecule has 1 heterocycles. The van der Waals surface area contributed by atoms with Crippen molar-refractivity contribution in [3.63, 3.8) is 0 Å². The predicted molar refractivity (Wildman–Crippen MR) is 84.4 cm³/mol.